The van der Waals surface area contributed by atoms with Crippen LogP contribution >= 0.6 is 0 Å². The number of hydrogen-bond donors (Lipinski definition) is 0. The van der Waals surface area contributed by atoms with E-state index in [1.807, 2.05) is 0 Å². The van der Waals surface area contributed by atoms with Crippen LogP contribution in [-0.4, -0.2) is 52.6 Å². The molecule has 0 rings (SSSR count). The van der Waals surface area contributed by atoms with Crippen LogP contribution in [0.4, 0.5) is 0 Å². The van der Waals surface area contributed by atoms with Crippen molar-refractivity contribution in [3.05, 3.63) is 0 Å². The first kappa shape index (κ1) is 40.6. The fourth-order valence-electron chi connectivity index (χ4n) is 0. The first-order valence-electron chi connectivity index (χ1n) is 0. The molecular weight excluding hydrogens is 224 g/mol. The Morgan fingerprint density at radius 3 is 1.00 bits per heavy atom. The van der Waals surface area contributed by atoms with Gasteiger partial charge in [0.1, 0.15) is 0 Å². The minimum absolute atomic E-state index is 0. The van der Waals surface area contributed by atoms with Crippen molar-refractivity contribution < 1.29 is 50.6 Å². The maximum atomic E-state index is 0. The summed E-state index contributed by atoms with van der Waals surface area (Å²) in [6.45, 7) is 0. The maximum absolute atomic E-state index is 0. The van der Waals surface area contributed by atoms with E-state index in [2.05, 4.69) is 0 Å². The summed E-state index contributed by atoms with van der Waals surface area (Å²) in [6, 6.07) is 0. The van der Waals surface area contributed by atoms with Crippen molar-refractivity contribution in [2.45, 2.75) is 0 Å². The molecule has 0 aliphatic heterocycles. The summed E-state index contributed by atoms with van der Waals surface area (Å²) in [5.41, 5.74) is 0. The predicted octanol–water partition coefficient (Wildman–Crippen LogP) is -0.769. The molecule has 31 valence electrons. The molecule has 0 atom stereocenters. The van der Waals surface area contributed by atoms with Gasteiger partial charge in [-0.25, -0.2) is 0 Å². The molecule has 0 aromatic carbocycles. The van der Waals surface area contributed by atoms with Gasteiger partial charge < -0.3 is 0 Å². The van der Waals surface area contributed by atoms with Crippen molar-refractivity contribution >= 4 is 52.6 Å². The van der Waals surface area contributed by atoms with Gasteiger partial charge >= 0.3 is 0 Å². The van der Waals surface area contributed by atoms with Crippen molar-refractivity contribution in [3.63, 3.8) is 0 Å². The topological polar surface area (TPSA) is 0 Å². The Morgan fingerprint density at radius 1 is 1.00 bits per heavy atom. The van der Waals surface area contributed by atoms with Crippen molar-refractivity contribution in [2.24, 2.45) is 0 Å². The predicted molar refractivity (Wildman–Crippen MR) is 11.5 cm³/mol. The van der Waals surface area contributed by atoms with E-state index < -0.39 is 0 Å². The third-order valence-electron chi connectivity index (χ3n) is 0. The first-order valence-corrected chi connectivity index (χ1v) is 0. The molecule has 0 spiro atoms. The molecule has 0 N–H and O–H groups in total. The van der Waals surface area contributed by atoms with Crippen molar-refractivity contribution in [2.75, 3.05) is 0 Å². The Hall–Kier alpha value is 3.30. The van der Waals surface area contributed by atoms with E-state index in [1.54, 1.807) is 0 Å². The molecule has 0 bridgehead atoms. The van der Waals surface area contributed by atoms with E-state index in [0.29, 0.717) is 0 Å². The zero-order chi connectivity index (χ0) is 0. The quantitative estimate of drug-likeness (QED) is 0.474. The van der Waals surface area contributed by atoms with Crippen LogP contribution in [0.15, 0.2) is 0 Å². The Morgan fingerprint density at radius 2 is 1.00 bits per heavy atom. The molecular formula is CuMgMnNaNi. The van der Waals surface area contributed by atoms with Crippen molar-refractivity contribution in [1.82, 2.24) is 0 Å². The number of rotatable bonds is 0. The zero-order valence-corrected chi connectivity index (χ0v) is 9.23. The van der Waals surface area contributed by atoms with E-state index in [0.717, 1.165) is 0 Å². The van der Waals surface area contributed by atoms with Crippen molar-refractivity contribution in [1.29, 1.82) is 0 Å². The van der Waals surface area contributed by atoms with Crippen LogP contribution in [0.5, 0.6) is 0 Å². The van der Waals surface area contributed by atoms with E-state index in [1.165, 1.54) is 0 Å². The zero-order valence-electron chi connectivity index (χ0n) is 2.70. The Balaban J connectivity index is 0. The molecule has 0 saturated heterocycles. The average molecular weight is 224 g/mol. The standard InChI is InChI=1S/Cu.Mg.Mn.Na.Ni. The summed E-state index contributed by atoms with van der Waals surface area (Å²) in [4.78, 5) is 0. The molecule has 5 heavy (non-hydrogen) atoms. The van der Waals surface area contributed by atoms with Gasteiger partial charge in [0.05, 0.1) is 0 Å². The minimum atomic E-state index is 0. The second-order valence-corrected chi connectivity index (χ2v) is 0. The average Bonchev–Trinajstić information content (AvgIpc) is 0. The molecule has 0 heterocycles. The maximum Gasteiger partial charge on any atom is 0 e. The van der Waals surface area contributed by atoms with Gasteiger partial charge in [-0.15, -0.1) is 0 Å². The smallest absolute Gasteiger partial charge is 0 e. The van der Waals surface area contributed by atoms with Gasteiger partial charge in [0.15, 0.2) is 0 Å². The summed E-state index contributed by atoms with van der Waals surface area (Å²) >= 11 is 0. The summed E-state index contributed by atoms with van der Waals surface area (Å²) in [5.74, 6) is 0. The minimum Gasteiger partial charge on any atom is 0 e. The van der Waals surface area contributed by atoms with E-state index in [9.17, 15) is 0 Å². The molecule has 0 aliphatic rings. The largest absolute Gasteiger partial charge is 0 e. The SMILES string of the molecule is [Cu].[Mg].[Mn].[Na].[Ni]. The summed E-state index contributed by atoms with van der Waals surface area (Å²) in [7, 11) is 0. The van der Waals surface area contributed by atoms with E-state index >= 15 is 0 Å². The van der Waals surface area contributed by atoms with Crippen LogP contribution in [0.25, 0.3) is 0 Å². The van der Waals surface area contributed by atoms with Crippen LogP contribution in [0.1, 0.15) is 0 Å². The van der Waals surface area contributed by atoms with Crippen LogP contribution in [0.2, 0.25) is 0 Å². The fraction of sp³-hybridized carbons (Fsp3) is 0. The van der Waals surface area contributed by atoms with Gasteiger partial charge in [-0.1, -0.05) is 0 Å². The first-order chi connectivity index (χ1) is 0. The normalized spacial score (nSPS) is 0. The second kappa shape index (κ2) is 26.6. The summed E-state index contributed by atoms with van der Waals surface area (Å²) < 4.78 is 0. The molecule has 5 heteroatoms. The molecule has 5 radical (unpaired) electrons. The van der Waals surface area contributed by atoms with Crippen molar-refractivity contribution in [3.8, 4) is 0 Å². The van der Waals surface area contributed by atoms with Crippen LogP contribution in [0, 0.1) is 0 Å². The van der Waals surface area contributed by atoms with E-state index in [-0.39, 0.29) is 103 Å². The van der Waals surface area contributed by atoms with Gasteiger partial charge in [-0.3, -0.25) is 0 Å². The molecule has 0 aliphatic carbocycles. The Bertz CT molecular complexity index is 11.6. The molecule has 0 nitrogen and oxygen atoms in total. The Kier molecular flexibility index (Phi) is 216. The molecule has 0 aromatic heterocycles. The number of hydrogen-bond acceptors (Lipinski definition) is 0. The summed E-state index contributed by atoms with van der Waals surface area (Å²) in [6.07, 6.45) is 0. The van der Waals surface area contributed by atoms with Gasteiger partial charge in [0.2, 0.25) is 0 Å². The Labute approximate surface area is 101 Å². The fourth-order valence-corrected chi connectivity index (χ4v) is 0. The van der Waals surface area contributed by atoms with Gasteiger partial charge in [0, 0.05) is 103 Å². The molecule has 0 saturated carbocycles. The monoisotopic (exact) mass is 223 g/mol. The van der Waals surface area contributed by atoms with E-state index in [4.69, 9.17) is 0 Å². The second-order valence-electron chi connectivity index (χ2n) is 0. The molecule has 0 fully saturated rings. The molecule has 0 aromatic rings. The van der Waals surface area contributed by atoms with Gasteiger partial charge in [-0.2, -0.15) is 0 Å². The summed E-state index contributed by atoms with van der Waals surface area (Å²) in [5, 5.41) is 0. The molecule has 0 unspecified atom stereocenters. The van der Waals surface area contributed by atoms with Gasteiger partial charge in [-0.05, 0) is 0 Å². The van der Waals surface area contributed by atoms with Crippen LogP contribution in [-0.2, 0) is 50.6 Å². The third kappa shape index (κ3) is 18.8. The molecule has 0 amide bonds. The van der Waals surface area contributed by atoms with Gasteiger partial charge in [0.25, 0.3) is 0 Å². The van der Waals surface area contributed by atoms with Crippen LogP contribution in [0.3, 0.4) is 0 Å². The van der Waals surface area contributed by atoms with Crippen LogP contribution < -0.4 is 0 Å². The third-order valence-corrected chi connectivity index (χ3v) is 0.